The summed E-state index contributed by atoms with van der Waals surface area (Å²) in [5.74, 6) is -2.35. The van der Waals surface area contributed by atoms with E-state index in [1.807, 2.05) is 19.9 Å². The van der Waals surface area contributed by atoms with E-state index in [1.54, 1.807) is 33.8 Å². The standard InChI is InChI=1S/C34H49ClFN4O12PS/c1-7-10-33(3,4)31(43)48-17-50-53(45,51-18-49-32(44)34(5,6)11-8-2)19-54(46,47)16-24-26(41)27(42)30(52-24)40-12-9-22-25(38-21-13-20(36)14-21)23(15-37)28(35)39-29(22)40/h9,12,20-21,24,26-27,30,41-42H,7-8,10-11,13-14,16-19H2,1-6H3,(H,38,39)/t20?,21?,24-,26-,27-,30-/m1/s1. The van der Waals surface area contributed by atoms with E-state index in [0.29, 0.717) is 36.8 Å². The third kappa shape index (κ3) is 10.3. The Kier molecular flexibility index (Phi) is 14.2. The fraction of sp³-hybridized carbons (Fsp3) is 0.706. The van der Waals surface area contributed by atoms with Gasteiger partial charge in [0, 0.05) is 17.6 Å². The Hall–Kier alpha value is -2.88. The minimum absolute atomic E-state index is 0.0221. The molecule has 20 heteroatoms. The second kappa shape index (κ2) is 17.5. The van der Waals surface area contributed by atoms with Gasteiger partial charge in [-0.1, -0.05) is 38.3 Å². The second-order valence-electron chi connectivity index (χ2n) is 15.0. The number of aromatic nitrogens is 2. The van der Waals surface area contributed by atoms with Crippen LogP contribution in [0.2, 0.25) is 5.15 Å². The van der Waals surface area contributed by atoms with Crippen molar-refractivity contribution in [2.45, 2.75) is 117 Å². The van der Waals surface area contributed by atoms with Gasteiger partial charge < -0.3 is 34.3 Å². The molecule has 0 aromatic carbocycles. The molecule has 302 valence electrons. The van der Waals surface area contributed by atoms with Gasteiger partial charge in [-0.05, 0) is 59.4 Å². The van der Waals surface area contributed by atoms with E-state index >= 15 is 0 Å². The summed E-state index contributed by atoms with van der Waals surface area (Å²) in [6, 6.07) is 3.28. The van der Waals surface area contributed by atoms with Crippen molar-refractivity contribution in [3.8, 4) is 6.07 Å². The molecule has 0 radical (unpaired) electrons. The van der Waals surface area contributed by atoms with E-state index < -0.39 is 95.7 Å². The van der Waals surface area contributed by atoms with Crippen LogP contribution in [0, 0.1) is 22.2 Å². The van der Waals surface area contributed by atoms with Crippen LogP contribution < -0.4 is 5.32 Å². The van der Waals surface area contributed by atoms with Crippen LogP contribution in [0.3, 0.4) is 0 Å². The van der Waals surface area contributed by atoms with Crippen LogP contribution in [0.4, 0.5) is 10.1 Å². The number of carbonyl (C=O) groups excluding carboxylic acids is 2. The summed E-state index contributed by atoms with van der Waals surface area (Å²) in [5.41, 5.74) is -2.69. The predicted octanol–water partition coefficient (Wildman–Crippen LogP) is 5.35. The molecule has 2 aliphatic rings. The van der Waals surface area contributed by atoms with Gasteiger partial charge in [0.15, 0.2) is 26.7 Å². The number of halogens is 2. The molecule has 0 bridgehead atoms. The predicted molar refractivity (Wildman–Crippen MR) is 195 cm³/mol. The normalized spacial score (nSPS) is 23.5. The SMILES string of the molecule is CCCC(C)(C)C(=O)OCOP(=O)(CS(=O)(=O)C[C@H]1O[C@@H](n2ccc3c(NC4CC(F)C4)c(C#N)c(Cl)nc32)[C@H](O)[C@@H]1O)OCOC(=O)C(C)(C)CCC. The zero-order valence-corrected chi connectivity index (χ0v) is 33.6. The molecule has 1 aliphatic heterocycles. The molecule has 1 saturated heterocycles. The average molecular weight is 823 g/mol. The van der Waals surface area contributed by atoms with Gasteiger partial charge in [-0.25, -0.2) is 17.8 Å². The van der Waals surface area contributed by atoms with Crippen LogP contribution in [0.15, 0.2) is 12.3 Å². The fourth-order valence-corrected chi connectivity index (χ4v) is 10.8. The van der Waals surface area contributed by atoms with Gasteiger partial charge in [0.1, 0.15) is 41.8 Å². The Morgan fingerprint density at radius 3 is 2.15 bits per heavy atom. The molecule has 1 aliphatic carbocycles. The number of sulfone groups is 1. The first-order valence-corrected chi connectivity index (χ1v) is 21.6. The monoisotopic (exact) mass is 822 g/mol. The molecule has 3 heterocycles. The number of esters is 2. The summed E-state index contributed by atoms with van der Waals surface area (Å²) >= 11 is 6.34. The second-order valence-corrected chi connectivity index (χ2v) is 19.9. The number of nitrogens with zero attached hydrogens (tertiary/aromatic N) is 3. The van der Waals surface area contributed by atoms with Gasteiger partial charge in [0.05, 0.1) is 22.3 Å². The first-order valence-electron chi connectivity index (χ1n) is 17.6. The largest absolute Gasteiger partial charge is 0.438 e. The van der Waals surface area contributed by atoms with E-state index in [4.69, 9.17) is 34.9 Å². The number of hydrogen-bond donors (Lipinski definition) is 3. The molecule has 4 atom stereocenters. The summed E-state index contributed by atoms with van der Waals surface area (Å²) in [4.78, 5) is 29.5. The smallest absolute Gasteiger partial charge is 0.351 e. The highest BCUT2D eigenvalue weighted by molar-refractivity contribution is 7.97. The number of nitriles is 1. The van der Waals surface area contributed by atoms with Crippen LogP contribution >= 0.6 is 19.2 Å². The number of fused-ring (bicyclic) bond motifs is 1. The van der Waals surface area contributed by atoms with Crippen molar-refractivity contribution in [3.63, 3.8) is 0 Å². The highest BCUT2D eigenvalue weighted by atomic mass is 35.5. The molecule has 0 spiro atoms. The van der Waals surface area contributed by atoms with Crippen LogP contribution in [0.1, 0.15) is 91.9 Å². The van der Waals surface area contributed by atoms with Crippen molar-refractivity contribution in [1.29, 1.82) is 5.26 Å². The third-order valence-electron chi connectivity index (χ3n) is 9.48. The first kappa shape index (κ1) is 43.8. The van der Waals surface area contributed by atoms with E-state index in [9.17, 15) is 42.4 Å². The van der Waals surface area contributed by atoms with Crippen molar-refractivity contribution in [1.82, 2.24) is 9.55 Å². The van der Waals surface area contributed by atoms with Crippen LogP contribution in [-0.2, 0) is 47.2 Å². The Balaban J connectivity index is 1.52. The summed E-state index contributed by atoms with van der Waals surface area (Å²) in [7, 11) is -9.28. The maximum absolute atomic E-state index is 13.9. The van der Waals surface area contributed by atoms with Crippen molar-refractivity contribution >= 4 is 57.7 Å². The van der Waals surface area contributed by atoms with Crippen LogP contribution in [0.25, 0.3) is 11.0 Å². The number of rotatable bonds is 19. The Labute approximate surface area is 319 Å². The average Bonchev–Trinajstić information content (AvgIpc) is 3.59. The molecular formula is C34H49ClFN4O12PS. The van der Waals surface area contributed by atoms with Crippen molar-refractivity contribution in [2.24, 2.45) is 10.8 Å². The Morgan fingerprint density at radius 2 is 1.65 bits per heavy atom. The third-order valence-corrected chi connectivity index (χ3v) is 14.4. The van der Waals surface area contributed by atoms with Gasteiger partial charge in [-0.15, -0.1) is 0 Å². The molecule has 16 nitrogen and oxygen atoms in total. The first-order chi connectivity index (χ1) is 25.2. The number of carbonyl (C=O) groups is 2. The van der Waals surface area contributed by atoms with Gasteiger partial charge in [-0.3, -0.25) is 23.2 Å². The van der Waals surface area contributed by atoms with Crippen molar-refractivity contribution in [2.75, 3.05) is 30.1 Å². The highest BCUT2D eigenvalue weighted by Crippen LogP contribution is 2.50. The zero-order chi connectivity index (χ0) is 40.2. The topological polar surface area (TPSA) is 226 Å². The van der Waals surface area contributed by atoms with E-state index in [0.717, 1.165) is 0 Å². The summed E-state index contributed by atoms with van der Waals surface area (Å²) in [6.45, 7) is 8.44. The van der Waals surface area contributed by atoms with Gasteiger partial charge in [-0.2, -0.15) is 5.26 Å². The van der Waals surface area contributed by atoms with Gasteiger partial charge in [0.25, 0.3) is 0 Å². The number of alkyl halides is 1. The Bertz CT molecular complexity index is 1840. The number of hydrogen-bond acceptors (Lipinski definition) is 15. The number of ether oxygens (including phenoxy) is 3. The summed E-state index contributed by atoms with van der Waals surface area (Å²) < 4.78 is 82.4. The quantitative estimate of drug-likeness (QED) is 0.0703. The molecule has 2 fully saturated rings. The highest BCUT2D eigenvalue weighted by Gasteiger charge is 2.47. The Morgan fingerprint density at radius 1 is 1.09 bits per heavy atom. The lowest BCUT2D eigenvalue weighted by Gasteiger charge is -2.31. The lowest BCUT2D eigenvalue weighted by Crippen LogP contribution is -2.36. The maximum Gasteiger partial charge on any atom is 0.351 e. The van der Waals surface area contributed by atoms with Crippen molar-refractivity contribution < 1.29 is 60.4 Å². The molecule has 54 heavy (non-hydrogen) atoms. The van der Waals surface area contributed by atoms with Crippen LogP contribution in [0.5, 0.6) is 0 Å². The minimum Gasteiger partial charge on any atom is -0.438 e. The minimum atomic E-state index is -4.74. The van der Waals surface area contributed by atoms with Crippen molar-refractivity contribution in [3.05, 3.63) is 23.0 Å². The molecule has 3 N–H and O–H groups in total. The number of pyridine rings is 1. The summed E-state index contributed by atoms with van der Waals surface area (Å²) in [5, 5.41) is 35.0. The van der Waals surface area contributed by atoms with E-state index in [-0.39, 0.29) is 35.2 Å². The maximum atomic E-state index is 13.9. The molecular weight excluding hydrogens is 774 g/mol. The number of aliphatic hydroxyl groups excluding tert-OH is 2. The molecule has 2 aromatic rings. The number of anilines is 1. The lowest BCUT2D eigenvalue weighted by molar-refractivity contribution is -0.163. The van der Waals surface area contributed by atoms with Gasteiger partial charge >= 0.3 is 19.5 Å². The number of aliphatic hydroxyl groups is 2. The molecule has 4 rings (SSSR count). The number of nitrogens with one attached hydrogen (secondary N) is 1. The molecule has 0 amide bonds. The van der Waals surface area contributed by atoms with E-state index in [2.05, 4.69) is 10.3 Å². The molecule has 0 unspecified atom stereocenters. The van der Waals surface area contributed by atoms with Crippen LogP contribution in [-0.4, -0.2) is 95.5 Å². The zero-order valence-electron chi connectivity index (χ0n) is 31.1. The fourth-order valence-electron chi connectivity index (χ4n) is 6.38. The lowest BCUT2D eigenvalue weighted by atomic mass is 9.88. The van der Waals surface area contributed by atoms with E-state index in [1.165, 1.54) is 10.8 Å². The summed E-state index contributed by atoms with van der Waals surface area (Å²) in [6.07, 6.45) is -3.22. The van der Waals surface area contributed by atoms with Gasteiger partial charge in [0.2, 0.25) is 13.6 Å². The molecule has 2 aromatic heterocycles. The molecule has 1 saturated carbocycles.